The number of rotatable bonds is 7. The Morgan fingerprint density at radius 3 is 2.72 bits per heavy atom. The van der Waals surface area contributed by atoms with Gasteiger partial charge in [0.05, 0.1) is 17.5 Å². The van der Waals surface area contributed by atoms with E-state index in [0.29, 0.717) is 13.0 Å². The van der Waals surface area contributed by atoms with E-state index in [1.807, 2.05) is 35.0 Å². The maximum Gasteiger partial charge on any atom is 0.220 e. The van der Waals surface area contributed by atoms with Gasteiger partial charge in [0.15, 0.2) is 11.7 Å². The molecule has 0 aliphatic heterocycles. The lowest BCUT2D eigenvalue weighted by atomic mass is 10.1. The quantitative estimate of drug-likeness (QED) is 0.519. The van der Waals surface area contributed by atoms with Gasteiger partial charge in [0.2, 0.25) is 5.91 Å². The molecule has 4 rings (SSSR count). The first-order valence-electron chi connectivity index (χ1n) is 9.18. The maximum atomic E-state index is 13.8. The summed E-state index contributed by atoms with van der Waals surface area (Å²) in [6.45, 7) is 0.458. The molecule has 0 fully saturated rings. The normalized spacial score (nSPS) is 11.1. The number of aryl methyl sites for hydroxylation is 1. The van der Waals surface area contributed by atoms with E-state index in [9.17, 15) is 13.6 Å². The van der Waals surface area contributed by atoms with Crippen LogP contribution in [0.5, 0.6) is 0 Å². The zero-order valence-electron chi connectivity index (χ0n) is 15.4. The highest BCUT2D eigenvalue weighted by molar-refractivity contribution is 5.76. The van der Waals surface area contributed by atoms with Crippen molar-refractivity contribution in [1.29, 1.82) is 0 Å². The van der Waals surface area contributed by atoms with Crippen LogP contribution in [0.25, 0.3) is 17.0 Å². The standard InChI is InChI=1S/C21H18F2N4O2/c22-15-4-3-5-16(23)21(15)17-12-25-20(29-17)8-7-19(28)24-10-9-14-13-27-11-2-1-6-18(27)26-14/h1-6,11-13H,7-10H2,(H,24,28). The summed E-state index contributed by atoms with van der Waals surface area (Å²) in [6, 6.07) is 9.34. The number of carbonyl (C=O) groups is 1. The van der Waals surface area contributed by atoms with Gasteiger partial charge in [-0.1, -0.05) is 12.1 Å². The summed E-state index contributed by atoms with van der Waals surface area (Å²) >= 11 is 0. The number of oxazole rings is 1. The Bertz CT molecular complexity index is 1100. The zero-order chi connectivity index (χ0) is 20.2. The minimum absolute atomic E-state index is 0.00264. The second kappa shape index (κ2) is 8.22. The highest BCUT2D eigenvalue weighted by Crippen LogP contribution is 2.26. The first-order chi connectivity index (χ1) is 14.1. The number of hydrogen-bond donors (Lipinski definition) is 1. The minimum atomic E-state index is -0.725. The fourth-order valence-corrected chi connectivity index (χ4v) is 3.02. The van der Waals surface area contributed by atoms with Crippen LogP contribution < -0.4 is 5.32 Å². The van der Waals surface area contributed by atoms with Crippen LogP contribution in [0.4, 0.5) is 8.78 Å². The Balaban J connectivity index is 1.27. The summed E-state index contributed by atoms with van der Waals surface area (Å²) < 4.78 is 34.9. The van der Waals surface area contributed by atoms with Crippen LogP contribution in [0.15, 0.2) is 59.4 Å². The van der Waals surface area contributed by atoms with E-state index < -0.39 is 11.6 Å². The van der Waals surface area contributed by atoms with Gasteiger partial charge in [-0.2, -0.15) is 0 Å². The number of benzene rings is 1. The third-order valence-corrected chi connectivity index (χ3v) is 4.45. The molecule has 8 heteroatoms. The van der Waals surface area contributed by atoms with E-state index in [4.69, 9.17) is 4.42 Å². The van der Waals surface area contributed by atoms with E-state index in [0.717, 1.165) is 23.5 Å². The number of nitrogens with zero attached hydrogens (tertiary/aromatic N) is 3. The Kier molecular flexibility index (Phi) is 5.33. The van der Waals surface area contributed by atoms with Crippen LogP contribution in [0.3, 0.4) is 0 Å². The fourth-order valence-electron chi connectivity index (χ4n) is 3.02. The number of pyridine rings is 1. The van der Waals surface area contributed by atoms with Gasteiger partial charge in [-0.05, 0) is 24.3 Å². The molecule has 1 N–H and O–H groups in total. The molecule has 0 bridgehead atoms. The molecule has 1 amide bonds. The Morgan fingerprint density at radius 1 is 1.10 bits per heavy atom. The number of nitrogens with one attached hydrogen (secondary N) is 1. The second-order valence-corrected chi connectivity index (χ2v) is 6.51. The second-order valence-electron chi connectivity index (χ2n) is 6.51. The van der Waals surface area contributed by atoms with Crippen molar-refractivity contribution in [2.75, 3.05) is 6.54 Å². The van der Waals surface area contributed by atoms with Crippen molar-refractivity contribution < 1.29 is 18.0 Å². The SMILES string of the molecule is O=C(CCc1ncc(-c2c(F)cccc2F)o1)NCCc1cn2ccccc2n1. The number of carbonyl (C=O) groups excluding carboxylic acids is 1. The summed E-state index contributed by atoms with van der Waals surface area (Å²) in [5, 5.41) is 2.82. The number of hydrogen-bond acceptors (Lipinski definition) is 4. The third kappa shape index (κ3) is 4.31. The van der Waals surface area contributed by atoms with E-state index in [1.165, 1.54) is 12.3 Å². The number of fused-ring (bicyclic) bond motifs is 1. The largest absolute Gasteiger partial charge is 0.441 e. The molecule has 0 saturated heterocycles. The average Bonchev–Trinajstić information content (AvgIpc) is 3.33. The molecule has 0 atom stereocenters. The summed E-state index contributed by atoms with van der Waals surface area (Å²) in [4.78, 5) is 20.5. The summed E-state index contributed by atoms with van der Waals surface area (Å²) in [5.41, 5.74) is 1.49. The van der Waals surface area contributed by atoms with Crippen molar-refractivity contribution in [3.05, 3.63) is 78.2 Å². The van der Waals surface area contributed by atoms with Crippen LogP contribution in [0.1, 0.15) is 18.0 Å². The molecule has 6 nitrogen and oxygen atoms in total. The topological polar surface area (TPSA) is 72.4 Å². The van der Waals surface area contributed by atoms with Crippen molar-refractivity contribution in [3.8, 4) is 11.3 Å². The molecule has 1 aromatic carbocycles. The predicted octanol–water partition coefficient (Wildman–Crippen LogP) is 3.56. The van der Waals surface area contributed by atoms with Crippen LogP contribution in [-0.2, 0) is 17.6 Å². The third-order valence-electron chi connectivity index (χ3n) is 4.45. The molecule has 0 aliphatic rings. The van der Waals surface area contributed by atoms with Crippen molar-refractivity contribution in [2.24, 2.45) is 0 Å². The van der Waals surface area contributed by atoms with Gasteiger partial charge in [-0.3, -0.25) is 4.79 Å². The van der Waals surface area contributed by atoms with Gasteiger partial charge >= 0.3 is 0 Å². The molecule has 3 aromatic heterocycles. The van der Waals surface area contributed by atoms with Gasteiger partial charge < -0.3 is 14.1 Å². The first kappa shape index (κ1) is 18.8. The first-order valence-corrected chi connectivity index (χ1v) is 9.18. The molecular weight excluding hydrogens is 378 g/mol. The van der Waals surface area contributed by atoms with Crippen LogP contribution in [0.2, 0.25) is 0 Å². The number of amides is 1. The molecule has 148 valence electrons. The lowest BCUT2D eigenvalue weighted by molar-refractivity contribution is -0.121. The van der Waals surface area contributed by atoms with Gasteiger partial charge in [0.1, 0.15) is 17.3 Å². The molecule has 0 saturated carbocycles. The van der Waals surface area contributed by atoms with E-state index in [2.05, 4.69) is 15.3 Å². The van der Waals surface area contributed by atoms with Gasteiger partial charge in [0.25, 0.3) is 0 Å². The molecule has 0 spiro atoms. The van der Waals surface area contributed by atoms with E-state index >= 15 is 0 Å². The monoisotopic (exact) mass is 396 g/mol. The smallest absolute Gasteiger partial charge is 0.220 e. The summed E-state index contributed by atoms with van der Waals surface area (Å²) in [6.07, 6.45) is 6.11. The minimum Gasteiger partial charge on any atom is -0.441 e. The molecule has 0 aliphatic carbocycles. The lowest BCUT2D eigenvalue weighted by Crippen LogP contribution is -2.26. The zero-order valence-corrected chi connectivity index (χ0v) is 15.4. The number of aromatic nitrogens is 3. The average molecular weight is 396 g/mol. The van der Waals surface area contributed by atoms with Crippen LogP contribution in [-0.4, -0.2) is 26.8 Å². The van der Waals surface area contributed by atoms with E-state index in [1.54, 1.807) is 0 Å². The van der Waals surface area contributed by atoms with E-state index in [-0.39, 0.29) is 36.0 Å². The fraction of sp³-hybridized carbons (Fsp3) is 0.190. The van der Waals surface area contributed by atoms with Gasteiger partial charge in [-0.15, -0.1) is 0 Å². The van der Waals surface area contributed by atoms with Crippen molar-refractivity contribution >= 4 is 11.6 Å². The number of halogens is 2. The maximum absolute atomic E-state index is 13.8. The highest BCUT2D eigenvalue weighted by Gasteiger charge is 2.16. The Labute approximate surface area is 165 Å². The molecule has 0 radical (unpaired) electrons. The molecule has 0 unspecified atom stereocenters. The predicted molar refractivity (Wildman–Crippen MR) is 102 cm³/mol. The van der Waals surface area contributed by atoms with Crippen molar-refractivity contribution in [1.82, 2.24) is 19.7 Å². The highest BCUT2D eigenvalue weighted by atomic mass is 19.1. The molecule has 4 aromatic rings. The Hall–Kier alpha value is -3.55. The van der Waals surface area contributed by atoms with Crippen molar-refractivity contribution in [3.63, 3.8) is 0 Å². The molecule has 3 heterocycles. The van der Waals surface area contributed by atoms with Crippen LogP contribution >= 0.6 is 0 Å². The molecular formula is C21H18F2N4O2. The van der Waals surface area contributed by atoms with Crippen LogP contribution in [0, 0.1) is 11.6 Å². The van der Waals surface area contributed by atoms with Crippen molar-refractivity contribution in [2.45, 2.75) is 19.3 Å². The van der Waals surface area contributed by atoms with Gasteiger partial charge in [-0.25, -0.2) is 18.7 Å². The lowest BCUT2D eigenvalue weighted by Gasteiger charge is -2.03. The summed E-state index contributed by atoms with van der Waals surface area (Å²) in [5.74, 6) is -1.36. The summed E-state index contributed by atoms with van der Waals surface area (Å²) in [7, 11) is 0. The van der Waals surface area contributed by atoms with Gasteiger partial charge in [0, 0.05) is 38.2 Å². The number of imidazole rings is 1. The molecule has 29 heavy (non-hydrogen) atoms. The Morgan fingerprint density at radius 2 is 1.93 bits per heavy atom.